The van der Waals surface area contributed by atoms with E-state index < -0.39 is 5.54 Å². The van der Waals surface area contributed by atoms with Gasteiger partial charge in [0.1, 0.15) is 5.75 Å². The first-order chi connectivity index (χ1) is 10.00. The molecule has 0 bridgehead atoms. The Morgan fingerprint density at radius 2 is 2.05 bits per heavy atom. The second-order valence-electron chi connectivity index (χ2n) is 5.14. The smallest absolute Gasteiger partial charge is 0.334 e. The Bertz CT molecular complexity index is 461. The molecule has 0 aliphatic rings. The van der Waals surface area contributed by atoms with E-state index in [2.05, 4.69) is 5.32 Å². The summed E-state index contributed by atoms with van der Waals surface area (Å²) in [5.41, 5.74) is -0.148. The fourth-order valence-electron chi connectivity index (χ4n) is 2.14. The Morgan fingerprint density at radius 1 is 1.33 bits per heavy atom. The van der Waals surface area contributed by atoms with Crippen molar-refractivity contribution in [3.63, 3.8) is 0 Å². The van der Waals surface area contributed by atoms with Gasteiger partial charge in [0.25, 0.3) is 0 Å². The largest absolute Gasteiger partial charge is 0.497 e. The lowest BCUT2D eigenvalue weighted by Crippen LogP contribution is -2.55. The quantitative estimate of drug-likeness (QED) is 0.747. The zero-order chi connectivity index (χ0) is 15.9. The minimum absolute atomic E-state index is 0.0114. The third-order valence-electron chi connectivity index (χ3n) is 3.43. The van der Waals surface area contributed by atoms with Gasteiger partial charge < -0.3 is 19.5 Å². The highest BCUT2D eigenvalue weighted by atomic mass is 16.5. The van der Waals surface area contributed by atoms with Crippen molar-refractivity contribution in [2.75, 3.05) is 32.8 Å². The number of carbonyl (C=O) groups excluding carboxylic acids is 1. The third-order valence-corrected chi connectivity index (χ3v) is 3.43. The van der Waals surface area contributed by atoms with Gasteiger partial charge >= 0.3 is 5.97 Å². The molecule has 0 radical (unpaired) electrons. The lowest BCUT2D eigenvalue weighted by Gasteiger charge is -2.36. The Kier molecular flexibility index (Phi) is 6.49. The fraction of sp³-hybridized carbons (Fsp3) is 0.562. The van der Waals surface area contributed by atoms with Crippen molar-refractivity contribution in [1.29, 1.82) is 0 Å². The van der Waals surface area contributed by atoms with E-state index >= 15 is 0 Å². The normalized spacial score (nSPS) is 13.6. The Morgan fingerprint density at radius 3 is 2.57 bits per heavy atom. The van der Waals surface area contributed by atoms with Crippen LogP contribution < -0.4 is 10.1 Å². The molecule has 0 spiro atoms. The number of nitrogens with one attached hydrogen (secondary N) is 1. The van der Waals surface area contributed by atoms with Crippen molar-refractivity contribution >= 4 is 11.7 Å². The van der Waals surface area contributed by atoms with Crippen LogP contribution in [0.15, 0.2) is 24.3 Å². The summed E-state index contributed by atoms with van der Waals surface area (Å²) >= 11 is 0. The lowest BCUT2D eigenvalue weighted by molar-refractivity contribution is -0.152. The summed E-state index contributed by atoms with van der Waals surface area (Å²) in [5.74, 6) is 0.395. The van der Waals surface area contributed by atoms with Crippen molar-refractivity contribution in [3.05, 3.63) is 24.3 Å². The second kappa shape index (κ2) is 7.88. The molecular formula is C16H25NO4. The monoisotopic (exact) mass is 295 g/mol. The van der Waals surface area contributed by atoms with Gasteiger partial charge in [-0.15, -0.1) is 0 Å². The summed E-state index contributed by atoms with van der Waals surface area (Å²) in [4.78, 5) is 12.5. The van der Waals surface area contributed by atoms with Crippen LogP contribution in [0, 0.1) is 5.92 Å². The third kappa shape index (κ3) is 4.11. The highest BCUT2D eigenvalue weighted by Gasteiger charge is 2.43. The van der Waals surface area contributed by atoms with Crippen LogP contribution in [0.1, 0.15) is 20.8 Å². The predicted octanol–water partition coefficient (Wildman–Crippen LogP) is 2.71. The minimum atomic E-state index is -0.933. The summed E-state index contributed by atoms with van der Waals surface area (Å²) in [7, 11) is 3.18. The molecular weight excluding hydrogens is 270 g/mol. The molecule has 21 heavy (non-hydrogen) atoms. The molecule has 0 aliphatic heterocycles. The van der Waals surface area contributed by atoms with Crippen LogP contribution in [0.25, 0.3) is 0 Å². The van der Waals surface area contributed by atoms with E-state index in [1.54, 1.807) is 21.1 Å². The van der Waals surface area contributed by atoms with Crippen LogP contribution in [0.5, 0.6) is 5.75 Å². The predicted molar refractivity (Wildman–Crippen MR) is 82.7 cm³/mol. The lowest BCUT2D eigenvalue weighted by atomic mass is 9.86. The molecule has 5 nitrogen and oxygen atoms in total. The second-order valence-corrected chi connectivity index (χ2v) is 5.14. The number of carbonyl (C=O) groups is 1. The highest BCUT2D eigenvalue weighted by Crippen LogP contribution is 2.27. The van der Waals surface area contributed by atoms with Gasteiger partial charge in [-0.25, -0.2) is 4.79 Å². The van der Waals surface area contributed by atoms with Gasteiger partial charge in [-0.2, -0.15) is 0 Å². The number of anilines is 1. The molecule has 1 N–H and O–H groups in total. The van der Waals surface area contributed by atoms with Gasteiger partial charge in [0.05, 0.1) is 20.3 Å². The van der Waals surface area contributed by atoms with Crippen LogP contribution in [0.3, 0.4) is 0 Å². The molecule has 0 saturated heterocycles. The molecule has 0 aromatic heterocycles. The molecule has 1 aromatic carbocycles. The Balaban J connectivity index is 3.12. The standard InChI is InChI=1S/C16H25NO4/c1-6-21-15(18)16(11-19-4,12(2)3)17-13-8-7-9-14(10-13)20-5/h7-10,12,17H,6,11H2,1-5H3. The minimum Gasteiger partial charge on any atom is -0.497 e. The number of ether oxygens (including phenoxy) is 3. The van der Waals surface area contributed by atoms with Gasteiger partial charge in [0.15, 0.2) is 5.54 Å². The molecule has 0 heterocycles. The van der Waals surface area contributed by atoms with Crippen molar-refractivity contribution < 1.29 is 19.0 Å². The average Bonchev–Trinajstić information content (AvgIpc) is 2.46. The Hall–Kier alpha value is -1.75. The zero-order valence-corrected chi connectivity index (χ0v) is 13.4. The van der Waals surface area contributed by atoms with Crippen LogP contribution in [0.4, 0.5) is 5.69 Å². The van der Waals surface area contributed by atoms with E-state index in [0.717, 1.165) is 11.4 Å². The van der Waals surface area contributed by atoms with Gasteiger partial charge in [-0.05, 0) is 25.0 Å². The van der Waals surface area contributed by atoms with Gasteiger partial charge in [0.2, 0.25) is 0 Å². The number of hydrogen-bond donors (Lipinski definition) is 1. The molecule has 0 saturated carbocycles. The van der Waals surface area contributed by atoms with Crippen molar-refractivity contribution in [2.24, 2.45) is 5.92 Å². The van der Waals surface area contributed by atoms with Crippen LogP contribution in [0.2, 0.25) is 0 Å². The van der Waals surface area contributed by atoms with Crippen molar-refractivity contribution in [3.8, 4) is 5.75 Å². The number of benzene rings is 1. The van der Waals surface area contributed by atoms with E-state index in [1.165, 1.54) is 0 Å². The summed E-state index contributed by atoms with van der Waals surface area (Å²) < 4.78 is 15.7. The molecule has 1 rings (SSSR count). The first-order valence-electron chi connectivity index (χ1n) is 7.08. The molecule has 1 unspecified atom stereocenters. The first kappa shape index (κ1) is 17.3. The van der Waals surface area contributed by atoms with E-state index in [1.807, 2.05) is 38.1 Å². The zero-order valence-electron chi connectivity index (χ0n) is 13.4. The Labute approximate surface area is 126 Å². The summed E-state index contributed by atoms with van der Waals surface area (Å²) in [6.45, 7) is 6.27. The van der Waals surface area contributed by atoms with E-state index in [-0.39, 0.29) is 18.5 Å². The number of hydrogen-bond acceptors (Lipinski definition) is 5. The van der Waals surface area contributed by atoms with E-state index in [9.17, 15) is 4.79 Å². The number of methoxy groups -OCH3 is 2. The van der Waals surface area contributed by atoms with Gasteiger partial charge in [-0.1, -0.05) is 19.9 Å². The molecule has 5 heteroatoms. The SMILES string of the molecule is CCOC(=O)C(COC)(Nc1cccc(OC)c1)C(C)C. The fourth-order valence-corrected chi connectivity index (χ4v) is 2.14. The van der Waals surface area contributed by atoms with Crippen LogP contribution in [-0.2, 0) is 14.3 Å². The summed E-state index contributed by atoms with van der Waals surface area (Å²) in [6.07, 6.45) is 0. The molecule has 0 aliphatic carbocycles. The first-order valence-corrected chi connectivity index (χ1v) is 7.08. The molecule has 0 amide bonds. The number of rotatable bonds is 8. The highest BCUT2D eigenvalue weighted by molar-refractivity contribution is 5.85. The van der Waals surface area contributed by atoms with Crippen molar-refractivity contribution in [1.82, 2.24) is 0 Å². The maximum absolute atomic E-state index is 12.5. The molecule has 118 valence electrons. The van der Waals surface area contributed by atoms with Crippen LogP contribution >= 0.6 is 0 Å². The van der Waals surface area contributed by atoms with E-state index in [4.69, 9.17) is 14.2 Å². The van der Waals surface area contributed by atoms with E-state index in [0.29, 0.717) is 6.61 Å². The molecule has 0 fully saturated rings. The van der Waals surface area contributed by atoms with Gasteiger partial charge in [0, 0.05) is 18.9 Å². The molecule has 1 aromatic rings. The van der Waals surface area contributed by atoms with Crippen molar-refractivity contribution in [2.45, 2.75) is 26.3 Å². The maximum atomic E-state index is 12.5. The van der Waals surface area contributed by atoms with Gasteiger partial charge in [-0.3, -0.25) is 0 Å². The number of esters is 1. The van der Waals surface area contributed by atoms with Crippen LogP contribution in [-0.4, -0.2) is 38.9 Å². The summed E-state index contributed by atoms with van der Waals surface area (Å²) in [5, 5.41) is 3.27. The molecule has 1 atom stereocenters. The maximum Gasteiger partial charge on any atom is 0.334 e. The topological polar surface area (TPSA) is 56.8 Å². The average molecular weight is 295 g/mol. The summed E-state index contributed by atoms with van der Waals surface area (Å²) in [6, 6.07) is 7.44.